The second kappa shape index (κ2) is 6.08. The average Bonchev–Trinajstić information content (AvgIpc) is 2.78. The topological polar surface area (TPSA) is 49.3 Å². The SMILES string of the molecule is CC(C)=CC1C(C(=O)NC(CCO)C(C)C)C1(C)C. The monoisotopic (exact) mass is 267 g/mol. The first kappa shape index (κ1) is 16.2. The van der Waals surface area contributed by atoms with E-state index < -0.39 is 0 Å². The molecule has 1 aliphatic rings. The Morgan fingerprint density at radius 3 is 2.37 bits per heavy atom. The third-order valence-corrected chi connectivity index (χ3v) is 4.28. The fourth-order valence-corrected chi connectivity index (χ4v) is 2.83. The van der Waals surface area contributed by atoms with E-state index in [4.69, 9.17) is 5.11 Å². The molecule has 0 heterocycles. The largest absolute Gasteiger partial charge is 0.396 e. The summed E-state index contributed by atoms with van der Waals surface area (Å²) in [5, 5.41) is 12.2. The van der Waals surface area contributed by atoms with Crippen LogP contribution in [0.2, 0.25) is 0 Å². The van der Waals surface area contributed by atoms with Crippen LogP contribution in [0.4, 0.5) is 0 Å². The number of aliphatic hydroxyl groups excluding tert-OH is 1. The number of carbonyl (C=O) groups is 1. The van der Waals surface area contributed by atoms with E-state index in [1.807, 2.05) is 0 Å². The van der Waals surface area contributed by atoms with Crippen molar-refractivity contribution in [1.29, 1.82) is 0 Å². The lowest BCUT2D eigenvalue weighted by atomic mass is 10.0. The van der Waals surface area contributed by atoms with Crippen LogP contribution in [0.15, 0.2) is 11.6 Å². The van der Waals surface area contributed by atoms with Gasteiger partial charge >= 0.3 is 0 Å². The van der Waals surface area contributed by atoms with Gasteiger partial charge in [-0.05, 0) is 37.5 Å². The van der Waals surface area contributed by atoms with Crippen LogP contribution >= 0.6 is 0 Å². The van der Waals surface area contributed by atoms with E-state index in [9.17, 15) is 4.79 Å². The van der Waals surface area contributed by atoms with E-state index in [1.54, 1.807) is 0 Å². The van der Waals surface area contributed by atoms with Crippen molar-refractivity contribution in [2.75, 3.05) is 6.61 Å². The van der Waals surface area contributed by atoms with E-state index >= 15 is 0 Å². The molecule has 0 spiro atoms. The molecule has 0 aromatic rings. The number of rotatable bonds is 6. The Morgan fingerprint density at radius 2 is 1.95 bits per heavy atom. The van der Waals surface area contributed by atoms with Gasteiger partial charge in [-0.3, -0.25) is 4.79 Å². The molecule has 3 nitrogen and oxygen atoms in total. The number of aliphatic hydroxyl groups is 1. The van der Waals surface area contributed by atoms with Gasteiger partial charge in [-0.25, -0.2) is 0 Å². The third kappa shape index (κ3) is 3.82. The summed E-state index contributed by atoms with van der Waals surface area (Å²) in [7, 11) is 0. The summed E-state index contributed by atoms with van der Waals surface area (Å²) >= 11 is 0. The molecule has 3 heteroatoms. The summed E-state index contributed by atoms with van der Waals surface area (Å²) in [6.45, 7) is 12.7. The van der Waals surface area contributed by atoms with Gasteiger partial charge in [-0.2, -0.15) is 0 Å². The van der Waals surface area contributed by atoms with Crippen molar-refractivity contribution in [3.8, 4) is 0 Å². The Labute approximate surface area is 117 Å². The van der Waals surface area contributed by atoms with E-state index in [0.29, 0.717) is 18.3 Å². The Bertz CT molecular complexity index is 354. The molecule has 2 N–H and O–H groups in total. The minimum atomic E-state index is 0.0576. The van der Waals surface area contributed by atoms with Crippen LogP contribution in [0.25, 0.3) is 0 Å². The lowest BCUT2D eigenvalue weighted by molar-refractivity contribution is -0.124. The molecule has 0 saturated heterocycles. The van der Waals surface area contributed by atoms with Gasteiger partial charge in [0.05, 0.1) is 5.92 Å². The minimum Gasteiger partial charge on any atom is -0.396 e. The zero-order valence-electron chi connectivity index (χ0n) is 13.2. The molecule has 3 atom stereocenters. The quantitative estimate of drug-likeness (QED) is 0.727. The average molecular weight is 267 g/mol. The molecular formula is C16H29NO2. The highest BCUT2D eigenvalue weighted by Crippen LogP contribution is 2.59. The van der Waals surface area contributed by atoms with Crippen molar-refractivity contribution < 1.29 is 9.90 Å². The molecule has 1 aliphatic carbocycles. The Morgan fingerprint density at radius 1 is 1.37 bits per heavy atom. The lowest BCUT2D eigenvalue weighted by Gasteiger charge is -2.22. The minimum absolute atomic E-state index is 0.0576. The number of allylic oxidation sites excluding steroid dienone is 2. The first-order valence-corrected chi connectivity index (χ1v) is 7.28. The van der Waals surface area contributed by atoms with Crippen LogP contribution in [0.3, 0.4) is 0 Å². The maximum atomic E-state index is 12.4. The summed E-state index contributed by atoms with van der Waals surface area (Å²) in [6, 6.07) is 0.0706. The lowest BCUT2D eigenvalue weighted by Crippen LogP contribution is -2.40. The molecule has 110 valence electrons. The zero-order valence-corrected chi connectivity index (χ0v) is 13.2. The van der Waals surface area contributed by atoms with Crippen molar-refractivity contribution in [2.45, 2.75) is 54.0 Å². The van der Waals surface area contributed by atoms with Crippen LogP contribution in [0.1, 0.15) is 48.0 Å². The summed E-state index contributed by atoms with van der Waals surface area (Å²) in [6.07, 6.45) is 2.84. The fraction of sp³-hybridized carbons (Fsp3) is 0.812. The second-order valence-corrected chi connectivity index (χ2v) is 6.94. The van der Waals surface area contributed by atoms with Crippen LogP contribution in [-0.4, -0.2) is 23.7 Å². The maximum absolute atomic E-state index is 12.4. The molecule has 1 amide bonds. The van der Waals surface area contributed by atoms with Crippen LogP contribution in [0.5, 0.6) is 0 Å². The molecule has 0 radical (unpaired) electrons. The molecule has 1 rings (SSSR count). The van der Waals surface area contributed by atoms with Crippen molar-refractivity contribution in [2.24, 2.45) is 23.2 Å². The first-order valence-electron chi connectivity index (χ1n) is 7.28. The van der Waals surface area contributed by atoms with Gasteiger partial charge in [0, 0.05) is 12.6 Å². The summed E-state index contributed by atoms with van der Waals surface area (Å²) in [5.74, 6) is 0.904. The summed E-state index contributed by atoms with van der Waals surface area (Å²) < 4.78 is 0. The standard InChI is InChI=1S/C16H29NO2/c1-10(2)9-12-14(16(12,5)6)15(19)17-13(7-8-18)11(3)4/h9,11-14,18H,7-8H2,1-6H3,(H,17,19). The van der Waals surface area contributed by atoms with Crippen molar-refractivity contribution in [1.82, 2.24) is 5.32 Å². The van der Waals surface area contributed by atoms with Crippen LogP contribution < -0.4 is 5.32 Å². The molecule has 1 fully saturated rings. The van der Waals surface area contributed by atoms with Gasteiger partial charge in [-0.15, -0.1) is 0 Å². The summed E-state index contributed by atoms with van der Waals surface area (Å²) in [4.78, 5) is 12.4. The first-order chi connectivity index (χ1) is 8.71. The van der Waals surface area contributed by atoms with E-state index in [-0.39, 0.29) is 29.9 Å². The van der Waals surface area contributed by atoms with Crippen LogP contribution in [-0.2, 0) is 4.79 Å². The van der Waals surface area contributed by atoms with Crippen molar-refractivity contribution >= 4 is 5.91 Å². The molecule has 0 aliphatic heterocycles. The Kier molecular flexibility index (Phi) is 5.19. The van der Waals surface area contributed by atoms with Gasteiger partial charge in [0.2, 0.25) is 5.91 Å². The number of nitrogens with one attached hydrogen (secondary N) is 1. The molecule has 1 saturated carbocycles. The highest BCUT2D eigenvalue weighted by molar-refractivity contribution is 5.84. The molecule has 19 heavy (non-hydrogen) atoms. The number of hydrogen-bond acceptors (Lipinski definition) is 2. The maximum Gasteiger partial charge on any atom is 0.224 e. The Balaban J connectivity index is 2.66. The van der Waals surface area contributed by atoms with Crippen LogP contribution in [0, 0.1) is 23.2 Å². The number of amides is 1. The molecule has 3 unspecified atom stereocenters. The van der Waals surface area contributed by atoms with E-state index in [0.717, 1.165) is 0 Å². The van der Waals surface area contributed by atoms with Gasteiger partial charge < -0.3 is 10.4 Å². The second-order valence-electron chi connectivity index (χ2n) is 6.94. The highest BCUT2D eigenvalue weighted by Gasteiger charge is 2.60. The predicted octanol–water partition coefficient (Wildman–Crippen LogP) is 2.75. The van der Waals surface area contributed by atoms with Gasteiger partial charge in [0.15, 0.2) is 0 Å². The predicted molar refractivity (Wildman–Crippen MR) is 78.7 cm³/mol. The Hall–Kier alpha value is -0.830. The summed E-state index contributed by atoms with van der Waals surface area (Å²) in [5.41, 5.74) is 1.33. The van der Waals surface area contributed by atoms with Gasteiger partial charge in [-0.1, -0.05) is 39.3 Å². The zero-order chi connectivity index (χ0) is 14.8. The third-order valence-electron chi connectivity index (χ3n) is 4.28. The molecular weight excluding hydrogens is 238 g/mol. The van der Waals surface area contributed by atoms with Crippen molar-refractivity contribution in [3.05, 3.63) is 11.6 Å². The number of carbonyl (C=O) groups excluding carboxylic acids is 1. The van der Waals surface area contributed by atoms with Gasteiger partial charge in [0.1, 0.15) is 0 Å². The smallest absolute Gasteiger partial charge is 0.224 e. The van der Waals surface area contributed by atoms with E-state index in [2.05, 4.69) is 52.9 Å². The normalized spacial score (nSPS) is 25.9. The molecule has 0 bridgehead atoms. The highest BCUT2D eigenvalue weighted by atomic mass is 16.3. The van der Waals surface area contributed by atoms with E-state index in [1.165, 1.54) is 5.57 Å². The van der Waals surface area contributed by atoms with Gasteiger partial charge in [0.25, 0.3) is 0 Å². The molecule has 0 aromatic carbocycles. The fourth-order valence-electron chi connectivity index (χ4n) is 2.83. The number of hydrogen-bond donors (Lipinski definition) is 2. The molecule has 0 aromatic heterocycles. The van der Waals surface area contributed by atoms with Crippen molar-refractivity contribution in [3.63, 3.8) is 0 Å².